The molecule has 5 aromatic rings. The number of aromatic nitrogens is 5. The number of thioether (sulfide) groups is 1. The van der Waals surface area contributed by atoms with E-state index in [2.05, 4.69) is 32.5 Å². The Hall–Kier alpha value is -3.30. The van der Waals surface area contributed by atoms with Crippen molar-refractivity contribution in [3.8, 4) is 22.2 Å². The van der Waals surface area contributed by atoms with Gasteiger partial charge in [-0.15, -0.1) is 31.7 Å². The lowest BCUT2D eigenvalue weighted by atomic mass is 10.2. The minimum Gasteiger partial charge on any atom is -0.419 e. The number of hydrogen-bond donors (Lipinski definition) is 0. The van der Waals surface area contributed by atoms with Crippen molar-refractivity contribution in [1.82, 2.24) is 25.0 Å². The van der Waals surface area contributed by atoms with Gasteiger partial charge in [0.15, 0.2) is 11.0 Å². The van der Waals surface area contributed by atoms with Crippen molar-refractivity contribution in [2.24, 2.45) is 0 Å². The average Bonchev–Trinajstić information content (AvgIpc) is 3.57. The van der Waals surface area contributed by atoms with E-state index < -0.39 is 0 Å². The molecular formula is C23H18FN5OS2. The molecule has 0 radical (unpaired) electrons. The zero-order chi connectivity index (χ0) is 21.9. The van der Waals surface area contributed by atoms with Crippen molar-refractivity contribution < 1.29 is 8.81 Å². The summed E-state index contributed by atoms with van der Waals surface area (Å²) in [6.45, 7) is 2.58. The summed E-state index contributed by atoms with van der Waals surface area (Å²) in [5.74, 6) is 1.42. The van der Waals surface area contributed by atoms with Crippen LogP contribution in [0.25, 0.3) is 22.2 Å². The Kier molecular flexibility index (Phi) is 5.83. The fraction of sp³-hybridized carbons (Fsp3) is 0.130. The third kappa shape index (κ3) is 4.35. The van der Waals surface area contributed by atoms with E-state index in [-0.39, 0.29) is 11.1 Å². The number of thiophene rings is 1. The molecule has 0 amide bonds. The van der Waals surface area contributed by atoms with Gasteiger partial charge in [0.05, 0.1) is 16.7 Å². The highest BCUT2D eigenvalue weighted by molar-refractivity contribution is 7.99. The Bertz CT molecular complexity index is 1300. The van der Waals surface area contributed by atoms with Gasteiger partial charge in [0.1, 0.15) is 5.82 Å². The molecule has 0 fully saturated rings. The van der Waals surface area contributed by atoms with Crippen molar-refractivity contribution >= 4 is 23.1 Å². The largest absolute Gasteiger partial charge is 0.419 e. The molecule has 32 heavy (non-hydrogen) atoms. The summed E-state index contributed by atoms with van der Waals surface area (Å²) >= 11 is 3.05. The predicted molar refractivity (Wildman–Crippen MR) is 123 cm³/mol. The van der Waals surface area contributed by atoms with Crippen molar-refractivity contribution in [2.45, 2.75) is 23.9 Å². The second kappa shape index (κ2) is 9.05. The molecule has 2 aromatic carbocycles. The zero-order valence-corrected chi connectivity index (χ0v) is 18.7. The first-order valence-electron chi connectivity index (χ1n) is 9.94. The van der Waals surface area contributed by atoms with Crippen molar-refractivity contribution in [1.29, 1.82) is 0 Å². The minimum atomic E-state index is -0.288. The molecule has 6 nitrogen and oxygen atoms in total. The molecule has 0 bridgehead atoms. The Morgan fingerprint density at radius 1 is 0.969 bits per heavy atom. The molecule has 3 heterocycles. The molecular weight excluding hydrogens is 445 g/mol. The molecule has 9 heteroatoms. The van der Waals surface area contributed by atoms with Crippen LogP contribution in [0.2, 0.25) is 0 Å². The molecule has 0 aliphatic rings. The minimum absolute atomic E-state index is 0.129. The summed E-state index contributed by atoms with van der Waals surface area (Å²) in [5.41, 5.74) is 1.91. The molecule has 0 spiro atoms. The van der Waals surface area contributed by atoms with Crippen LogP contribution >= 0.6 is 23.1 Å². The summed E-state index contributed by atoms with van der Waals surface area (Å²) in [4.78, 5) is 0.937. The van der Waals surface area contributed by atoms with Crippen LogP contribution in [0, 0.1) is 5.82 Å². The maximum absolute atomic E-state index is 13.4. The smallest absolute Gasteiger partial charge is 0.257 e. The van der Waals surface area contributed by atoms with Crippen LogP contribution in [0.3, 0.4) is 0 Å². The predicted octanol–water partition coefficient (Wildman–Crippen LogP) is 6.10. The average molecular weight is 464 g/mol. The first kappa shape index (κ1) is 20.6. The summed E-state index contributed by atoms with van der Waals surface area (Å²) < 4.78 is 21.4. The standard InChI is InChI=1S/C23H18FN5OS2/c1-15(21-26-27-22(30-21)19-8-5-13-31-19)32-23-28-25-20(17-9-11-18(24)12-10-17)29(23)14-16-6-3-2-4-7-16/h2-13,15H,14H2,1H3/t15-/m1/s1. The van der Waals surface area contributed by atoms with Gasteiger partial charge in [0, 0.05) is 5.56 Å². The molecule has 0 aliphatic carbocycles. The second-order valence-corrected chi connectivity index (χ2v) is 9.32. The maximum Gasteiger partial charge on any atom is 0.257 e. The van der Waals surface area contributed by atoms with Gasteiger partial charge >= 0.3 is 0 Å². The number of halogens is 1. The summed E-state index contributed by atoms with van der Waals surface area (Å²) in [7, 11) is 0. The monoisotopic (exact) mass is 463 g/mol. The Balaban J connectivity index is 1.45. The van der Waals surface area contributed by atoms with Gasteiger partial charge in [-0.3, -0.25) is 4.57 Å². The number of nitrogens with zero attached hydrogens (tertiary/aromatic N) is 5. The third-order valence-electron chi connectivity index (χ3n) is 4.81. The van der Waals surface area contributed by atoms with Crippen molar-refractivity contribution in [3.05, 3.63) is 89.4 Å². The quantitative estimate of drug-likeness (QED) is 0.272. The van der Waals surface area contributed by atoms with Crippen molar-refractivity contribution in [3.63, 3.8) is 0 Å². The fourth-order valence-corrected chi connectivity index (χ4v) is 4.73. The van der Waals surface area contributed by atoms with Gasteiger partial charge in [-0.05, 0) is 48.2 Å². The van der Waals surface area contributed by atoms with Gasteiger partial charge in [-0.25, -0.2) is 4.39 Å². The molecule has 0 N–H and O–H groups in total. The lowest BCUT2D eigenvalue weighted by Crippen LogP contribution is -2.05. The van der Waals surface area contributed by atoms with Crippen molar-refractivity contribution in [2.75, 3.05) is 0 Å². The normalized spacial score (nSPS) is 12.2. The summed E-state index contributed by atoms with van der Waals surface area (Å²) in [5, 5.41) is 19.8. The lowest BCUT2D eigenvalue weighted by Gasteiger charge is -2.12. The topological polar surface area (TPSA) is 69.6 Å². The van der Waals surface area contributed by atoms with E-state index in [0.29, 0.717) is 24.2 Å². The van der Waals surface area contributed by atoms with Gasteiger partial charge < -0.3 is 4.42 Å². The molecule has 0 unspecified atom stereocenters. The lowest BCUT2D eigenvalue weighted by molar-refractivity contribution is 0.509. The molecule has 0 saturated carbocycles. The first-order valence-corrected chi connectivity index (χ1v) is 11.7. The van der Waals surface area contributed by atoms with Gasteiger partial charge in [0.25, 0.3) is 5.89 Å². The fourth-order valence-electron chi connectivity index (χ4n) is 3.20. The van der Waals surface area contributed by atoms with E-state index in [0.717, 1.165) is 21.2 Å². The third-order valence-corrected chi connectivity index (χ3v) is 6.73. The van der Waals surface area contributed by atoms with Gasteiger partial charge in [0.2, 0.25) is 5.89 Å². The molecule has 160 valence electrons. The van der Waals surface area contributed by atoms with Crippen LogP contribution in [0.1, 0.15) is 23.6 Å². The highest BCUT2D eigenvalue weighted by Gasteiger charge is 2.22. The van der Waals surface area contributed by atoms with E-state index in [9.17, 15) is 4.39 Å². The van der Waals surface area contributed by atoms with E-state index in [1.165, 1.54) is 23.9 Å². The number of rotatable bonds is 7. The van der Waals surface area contributed by atoms with Gasteiger partial charge in [-0.1, -0.05) is 48.2 Å². The molecule has 3 aromatic heterocycles. The number of benzene rings is 2. The summed E-state index contributed by atoms with van der Waals surface area (Å²) in [6.07, 6.45) is 0. The van der Waals surface area contributed by atoms with Crippen LogP contribution in [-0.2, 0) is 6.54 Å². The van der Waals surface area contributed by atoms with E-state index in [4.69, 9.17) is 4.42 Å². The Morgan fingerprint density at radius 3 is 2.53 bits per heavy atom. The molecule has 5 rings (SSSR count). The van der Waals surface area contributed by atoms with Crippen LogP contribution in [0.5, 0.6) is 0 Å². The summed E-state index contributed by atoms with van der Waals surface area (Å²) in [6, 6.07) is 20.3. The van der Waals surface area contributed by atoms with E-state index in [1.807, 2.05) is 47.2 Å². The zero-order valence-electron chi connectivity index (χ0n) is 17.1. The van der Waals surface area contributed by atoms with E-state index >= 15 is 0 Å². The Morgan fingerprint density at radius 2 is 1.78 bits per heavy atom. The highest BCUT2D eigenvalue weighted by Crippen LogP contribution is 2.36. The number of hydrogen-bond acceptors (Lipinski definition) is 7. The van der Waals surface area contributed by atoms with Crippen LogP contribution < -0.4 is 0 Å². The highest BCUT2D eigenvalue weighted by atomic mass is 32.2. The Labute approximate surface area is 192 Å². The van der Waals surface area contributed by atoms with E-state index in [1.54, 1.807) is 23.5 Å². The first-order chi connectivity index (χ1) is 15.7. The molecule has 0 aliphatic heterocycles. The van der Waals surface area contributed by atoms with Crippen LogP contribution in [0.15, 0.2) is 81.7 Å². The molecule has 1 atom stereocenters. The van der Waals surface area contributed by atoms with Gasteiger partial charge in [-0.2, -0.15) is 0 Å². The second-order valence-electron chi connectivity index (χ2n) is 7.07. The molecule has 0 saturated heterocycles. The SMILES string of the molecule is C[C@@H](Sc1nnc(-c2ccc(F)cc2)n1Cc1ccccc1)c1nnc(-c2cccs2)o1. The van der Waals surface area contributed by atoms with Crippen LogP contribution in [-0.4, -0.2) is 25.0 Å². The van der Waals surface area contributed by atoms with Crippen LogP contribution in [0.4, 0.5) is 4.39 Å². The maximum atomic E-state index is 13.4.